The summed E-state index contributed by atoms with van der Waals surface area (Å²) in [5, 5.41) is 26.2. The molecule has 2 rings (SSSR count). The predicted octanol–water partition coefficient (Wildman–Crippen LogP) is 3.38. The second-order valence-electron chi connectivity index (χ2n) is 5.86. The van der Waals surface area contributed by atoms with Gasteiger partial charge in [0, 0.05) is 25.2 Å². The van der Waals surface area contributed by atoms with Gasteiger partial charge in [-0.2, -0.15) is 0 Å². The maximum Gasteiger partial charge on any atom is 0.271 e. The van der Waals surface area contributed by atoms with Gasteiger partial charge < -0.3 is 15.7 Å². The second-order valence-corrected chi connectivity index (χ2v) is 5.86. The molecular formula is C16H25N3O3. The molecule has 1 fully saturated rings. The third-order valence-corrected chi connectivity index (χ3v) is 4.22. The van der Waals surface area contributed by atoms with Crippen molar-refractivity contribution in [3.05, 3.63) is 28.3 Å². The van der Waals surface area contributed by atoms with E-state index in [0.717, 1.165) is 30.3 Å². The fourth-order valence-electron chi connectivity index (χ4n) is 3.05. The Morgan fingerprint density at radius 2 is 1.91 bits per heavy atom. The van der Waals surface area contributed by atoms with Crippen LogP contribution in [0.5, 0.6) is 0 Å². The minimum Gasteiger partial charge on any atom is -0.395 e. The van der Waals surface area contributed by atoms with Gasteiger partial charge in [0.25, 0.3) is 5.69 Å². The predicted molar refractivity (Wildman–Crippen MR) is 88.4 cm³/mol. The summed E-state index contributed by atoms with van der Waals surface area (Å²) in [6.45, 7) is 1.26. The molecule has 1 saturated carbocycles. The zero-order valence-corrected chi connectivity index (χ0v) is 12.9. The minimum absolute atomic E-state index is 0.0259. The van der Waals surface area contributed by atoms with Crippen LogP contribution < -0.4 is 10.6 Å². The van der Waals surface area contributed by atoms with Gasteiger partial charge in [0.15, 0.2) is 0 Å². The van der Waals surface area contributed by atoms with Gasteiger partial charge in [-0.3, -0.25) is 10.1 Å². The highest BCUT2D eigenvalue weighted by Crippen LogP contribution is 2.29. The van der Waals surface area contributed by atoms with Crippen LogP contribution in [0.2, 0.25) is 0 Å². The maximum atomic E-state index is 10.9. The number of nitro benzene ring substituents is 1. The van der Waals surface area contributed by atoms with Crippen molar-refractivity contribution in [3.63, 3.8) is 0 Å². The highest BCUT2D eigenvalue weighted by Gasteiger charge is 2.14. The smallest absolute Gasteiger partial charge is 0.271 e. The zero-order valence-electron chi connectivity index (χ0n) is 12.9. The van der Waals surface area contributed by atoms with E-state index in [1.165, 1.54) is 38.2 Å². The fraction of sp³-hybridized carbons (Fsp3) is 0.625. The van der Waals surface area contributed by atoms with Crippen molar-refractivity contribution in [3.8, 4) is 0 Å². The van der Waals surface area contributed by atoms with Crippen LogP contribution in [-0.4, -0.2) is 29.7 Å². The van der Waals surface area contributed by atoms with Crippen molar-refractivity contribution >= 4 is 17.1 Å². The highest BCUT2D eigenvalue weighted by atomic mass is 16.6. The maximum absolute atomic E-state index is 10.9. The quantitative estimate of drug-likeness (QED) is 0.370. The summed E-state index contributed by atoms with van der Waals surface area (Å²) in [4.78, 5) is 10.5. The third-order valence-electron chi connectivity index (χ3n) is 4.22. The molecule has 0 amide bonds. The molecule has 122 valence electrons. The fourth-order valence-corrected chi connectivity index (χ4v) is 3.05. The van der Waals surface area contributed by atoms with E-state index < -0.39 is 0 Å². The average Bonchev–Trinajstić information content (AvgIpc) is 3.03. The lowest BCUT2D eigenvalue weighted by Gasteiger charge is -2.14. The lowest BCUT2D eigenvalue weighted by molar-refractivity contribution is -0.384. The largest absolute Gasteiger partial charge is 0.395 e. The molecule has 0 saturated heterocycles. The van der Waals surface area contributed by atoms with Crippen LogP contribution in [0.15, 0.2) is 18.2 Å². The molecule has 0 aromatic heterocycles. The first-order valence-corrected chi connectivity index (χ1v) is 8.07. The van der Waals surface area contributed by atoms with E-state index in [1.54, 1.807) is 12.1 Å². The summed E-state index contributed by atoms with van der Waals surface area (Å²) in [7, 11) is 0. The van der Waals surface area contributed by atoms with Gasteiger partial charge in [-0.25, -0.2) is 0 Å². The summed E-state index contributed by atoms with van der Waals surface area (Å²) in [6.07, 6.45) is 7.71. The first-order chi connectivity index (χ1) is 10.7. The number of nitrogens with one attached hydrogen (secondary N) is 2. The highest BCUT2D eigenvalue weighted by molar-refractivity contribution is 5.71. The van der Waals surface area contributed by atoms with Gasteiger partial charge in [-0.05, 0) is 24.8 Å². The van der Waals surface area contributed by atoms with Crippen molar-refractivity contribution in [1.82, 2.24) is 0 Å². The molecule has 0 aliphatic heterocycles. The van der Waals surface area contributed by atoms with Gasteiger partial charge in [0.05, 0.1) is 22.9 Å². The normalized spacial score (nSPS) is 15.0. The van der Waals surface area contributed by atoms with Crippen molar-refractivity contribution in [2.75, 3.05) is 30.3 Å². The molecule has 22 heavy (non-hydrogen) atoms. The number of nitrogens with zero attached hydrogens (tertiary/aromatic N) is 1. The Morgan fingerprint density at radius 3 is 2.59 bits per heavy atom. The Labute approximate surface area is 131 Å². The molecule has 6 nitrogen and oxygen atoms in total. The van der Waals surface area contributed by atoms with E-state index in [-0.39, 0.29) is 17.2 Å². The summed E-state index contributed by atoms with van der Waals surface area (Å²) in [5.41, 5.74) is 1.60. The second kappa shape index (κ2) is 8.58. The molecule has 0 unspecified atom stereocenters. The molecule has 1 aromatic rings. The number of rotatable bonds is 9. The Morgan fingerprint density at radius 1 is 1.18 bits per heavy atom. The van der Waals surface area contributed by atoms with Crippen molar-refractivity contribution < 1.29 is 10.0 Å². The van der Waals surface area contributed by atoms with Gasteiger partial charge in [-0.15, -0.1) is 0 Å². The number of aliphatic hydroxyl groups is 1. The number of hydrogen-bond acceptors (Lipinski definition) is 5. The summed E-state index contributed by atoms with van der Waals surface area (Å²) in [5.74, 6) is 0.860. The average molecular weight is 307 g/mol. The lowest BCUT2D eigenvalue weighted by atomic mass is 10.0. The van der Waals surface area contributed by atoms with Crippen LogP contribution >= 0.6 is 0 Å². The number of nitro groups is 1. The Balaban J connectivity index is 1.90. The molecule has 1 aliphatic rings. The van der Waals surface area contributed by atoms with Crippen LogP contribution in [0, 0.1) is 16.0 Å². The van der Waals surface area contributed by atoms with Gasteiger partial charge in [-0.1, -0.05) is 25.7 Å². The van der Waals surface area contributed by atoms with E-state index in [9.17, 15) is 10.1 Å². The number of aliphatic hydroxyl groups excluding tert-OH is 1. The Hall–Kier alpha value is -1.82. The minimum atomic E-state index is -0.389. The van der Waals surface area contributed by atoms with Crippen LogP contribution in [0.1, 0.15) is 38.5 Å². The van der Waals surface area contributed by atoms with Crippen molar-refractivity contribution in [2.45, 2.75) is 38.5 Å². The van der Waals surface area contributed by atoms with E-state index >= 15 is 0 Å². The van der Waals surface area contributed by atoms with E-state index in [0.29, 0.717) is 6.54 Å². The van der Waals surface area contributed by atoms with Crippen LogP contribution in [-0.2, 0) is 0 Å². The van der Waals surface area contributed by atoms with E-state index in [4.69, 9.17) is 5.11 Å². The number of non-ortho nitro benzene ring substituents is 1. The topological polar surface area (TPSA) is 87.4 Å². The van der Waals surface area contributed by atoms with E-state index in [2.05, 4.69) is 10.6 Å². The Bertz CT molecular complexity index is 488. The van der Waals surface area contributed by atoms with E-state index in [1.807, 2.05) is 0 Å². The molecule has 0 heterocycles. The summed E-state index contributed by atoms with van der Waals surface area (Å²) >= 11 is 0. The molecule has 0 atom stereocenters. The molecule has 1 aliphatic carbocycles. The Kier molecular flexibility index (Phi) is 6.45. The summed E-state index contributed by atoms with van der Waals surface area (Å²) in [6, 6.07) is 4.71. The molecule has 6 heteroatoms. The first-order valence-electron chi connectivity index (χ1n) is 8.07. The molecule has 0 spiro atoms. The summed E-state index contributed by atoms with van der Waals surface area (Å²) < 4.78 is 0. The number of hydrogen-bond donors (Lipinski definition) is 3. The van der Waals surface area contributed by atoms with Gasteiger partial charge in [0.2, 0.25) is 0 Å². The lowest BCUT2D eigenvalue weighted by Crippen LogP contribution is -2.10. The van der Waals surface area contributed by atoms with Crippen molar-refractivity contribution in [1.29, 1.82) is 0 Å². The van der Waals surface area contributed by atoms with Crippen LogP contribution in [0.4, 0.5) is 17.1 Å². The van der Waals surface area contributed by atoms with Gasteiger partial charge >= 0.3 is 0 Å². The monoisotopic (exact) mass is 307 g/mol. The molecule has 3 N–H and O–H groups in total. The molecular weight excluding hydrogens is 282 g/mol. The first kappa shape index (κ1) is 16.5. The van der Waals surface area contributed by atoms with Crippen LogP contribution in [0.3, 0.4) is 0 Å². The van der Waals surface area contributed by atoms with Gasteiger partial charge in [0.1, 0.15) is 0 Å². The molecule has 0 radical (unpaired) electrons. The molecule has 1 aromatic carbocycles. The standard InChI is InChI=1S/C16H25N3O3/c20-11-10-18-15-8-7-14(19(21)22)12-16(15)17-9-3-6-13-4-1-2-5-13/h7-8,12-13,17-18,20H,1-6,9-11H2. The number of anilines is 2. The SMILES string of the molecule is O=[N+]([O-])c1ccc(NCCO)c(NCCCC2CCCC2)c1. The van der Waals surface area contributed by atoms with Crippen LogP contribution in [0.25, 0.3) is 0 Å². The molecule has 0 bridgehead atoms. The number of benzene rings is 1. The van der Waals surface area contributed by atoms with Crippen molar-refractivity contribution in [2.24, 2.45) is 5.92 Å². The third kappa shape index (κ3) is 4.87. The zero-order chi connectivity index (χ0) is 15.8.